The molecule has 2 unspecified atom stereocenters. The lowest BCUT2D eigenvalue weighted by molar-refractivity contribution is 0.0208. The average molecular weight is 274 g/mol. The van der Waals surface area contributed by atoms with Crippen molar-refractivity contribution in [2.45, 2.75) is 51.3 Å². The van der Waals surface area contributed by atoms with Gasteiger partial charge >= 0.3 is 0 Å². The van der Waals surface area contributed by atoms with Gasteiger partial charge in [-0.1, -0.05) is 25.1 Å². The highest BCUT2D eigenvalue weighted by atomic mass is 16.5. The number of benzene rings is 1. The van der Waals surface area contributed by atoms with Crippen LogP contribution in [0.25, 0.3) is 0 Å². The fourth-order valence-electron chi connectivity index (χ4n) is 3.30. The molecule has 0 aromatic heterocycles. The molecule has 1 aromatic rings. The van der Waals surface area contributed by atoms with Gasteiger partial charge in [0.05, 0.1) is 6.10 Å². The van der Waals surface area contributed by atoms with Gasteiger partial charge in [-0.3, -0.25) is 0 Å². The molecule has 1 fully saturated rings. The lowest BCUT2D eigenvalue weighted by Crippen LogP contribution is -2.42. The van der Waals surface area contributed by atoms with Crippen LogP contribution in [0.15, 0.2) is 24.3 Å². The van der Waals surface area contributed by atoms with E-state index in [1.807, 2.05) is 0 Å². The van der Waals surface area contributed by atoms with Gasteiger partial charge in [0.1, 0.15) is 0 Å². The summed E-state index contributed by atoms with van der Waals surface area (Å²) in [6.45, 7) is 6.32. The summed E-state index contributed by atoms with van der Waals surface area (Å²) >= 11 is 0. The van der Waals surface area contributed by atoms with Gasteiger partial charge in [-0.2, -0.15) is 0 Å². The normalized spacial score (nSPS) is 26.9. The molecule has 110 valence electrons. The lowest BCUT2D eigenvalue weighted by Gasteiger charge is -2.32. The minimum atomic E-state index is 0.410. The van der Waals surface area contributed by atoms with E-state index in [0.29, 0.717) is 12.1 Å². The van der Waals surface area contributed by atoms with Crippen LogP contribution in [-0.4, -0.2) is 31.8 Å². The first-order valence-electron chi connectivity index (χ1n) is 8.04. The zero-order valence-electron chi connectivity index (χ0n) is 12.5. The maximum atomic E-state index is 5.94. The van der Waals surface area contributed by atoms with Crippen molar-refractivity contribution in [2.24, 2.45) is 0 Å². The highest BCUT2D eigenvalue weighted by molar-refractivity contribution is 5.54. The van der Waals surface area contributed by atoms with Crippen LogP contribution in [0.5, 0.6) is 0 Å². The molecule has 0 spiro atoms. The van der Waals surface area contributed by atoms with Crippen molar-refractivity contribution in [1.29, 1.82) is 0 Å². The number of para-hydroxylation sites is 1. The molecule has 1 N–H and O–H groups in total. The van der Waals surface area contributed by atoms with Gasteiger partial charge in [0.15, 0.2) is 0 Å². The quantitative estimate of drug-likeness (QED) is 0.917. The fraction of sp³-hybridized carbons (Fsp3) is 0.647. The molecule has 3 heteroatoms. The number of hydrogen-bond donors (Lipinski definition) is 1. The van der Waals surface area contributed by atoms with Crippen LogP contribution in [0.4, 0.5) is 5.69 Å². The van der Waals surface area contributed by atoms with Crippen LogP contribution in [-0.2, 0) is 11.3 Å². The highest BCUT2D eigenvalue weighted by Crippen LogP contribution is 2.25. The summed E-state index contributed by atoms with van der Waals surface area (Å²) in [6.07, 6.45) is 5.34. The Morgan fingerprint density at radius 2 is 2.20 bits per heavy atom. The van der Waals surface area contributed by atoms with Crippen molar-refractivity contribution in [2.75, 3.05) is 24.6 Å². The van der Waals surface area contributed by atoms with E-state index in [9.17, 15) is 0 Å². The Morgan fingerprint density at radius 1 is 1.30 bits per heavy atom. The van der Waals surface area contributed by atoms with Gasteiger partial charge in [-0.25, -0.2) is 0 Å². The summed E-state index contributed by atoms with van der Waals surface area (Å²) in [5.74, 6) is 0. The molecule has 1 saturated heterocycles. The smallest absolute Gasteiger partial charge is 0.0749 e. The second-order valence-corrected chi connectivity index (χ2v) is 6.01. The number of hydrogen-bond acceptors (Lipinski definition) is 3. The van der Waals surface area contributed by atoms with E-state index in [-0.39, 0.29) is 0 Å². The summed E-state index contributed by atoms with van der Waals surface area (Å²) in [4.78, 5) is 2.54. The largest absolute Gasteiger partial charge is 0.376 e. The summed E-state index contributed by atoms with van der Waals surface area (Å²) in [5, 5.41) is 3.67. The Balaban J connectivity index is 1.77. The maximum absolute atomic E-state index is 5.94. The van der Waals surface area contributed by atoms with Crippen molar-refractivity contribution in [3.05, 3.63) is 29.8 Å². The van der Waals surface area contributed by atoms with Crippen molar-refractivity contribution in [1.82, 2.24) is 5.32 Å². The molecule has 0 saturated carbocycles. The molecule has 2 atom stereocenters. The van der Waals surface area contributed by atoms with E-state index < -0.39 is 0 Å². The van der Waals surface area contributed by atoms with Gasteiger partial charge < -0.3 is 15.0 Å². The second-order valence-electron chi connectivity index (χ2n) is 6.01. The van der Waals surface area contributed by atoms with Crippen molar-refractivity contribution >= 4 is 5.69 Å². The number of anilines is 1. The molecular weight excluding hydrogens is 248 g/mol. The Kier molecular flexibility index (Phi) is 4.58. The van der Waals surface area contributed by atoms with Gasteiger partial charge in [0, 0.05) is 38.0 Å². The monoisotopic (exact) mass is 274 g/mol. The topological polar surface area (TPSA) is 24.5 Å². The molecule has 0 bridgehead atoms. The van der Waals surface area contributed by atoms with Crippen LogP contribution in [0.1, 0.15) is 38.2 Å². The molecule has 0 amide bonds. The van der Waals surface area contributed by atoms with Crippen LogP contribution in [0, 0.1) is 0 Å². The number of nitrogens with one attached hydrogen (secondary N) is 1. The minimum absolute atomic E-state index is 0.410. The zero-order valence-corrected chi connectivity index (χ0v) is 12.5. The average Bonchev–Trinajstić information content (AvgIpc) is 2.68. The third-order valence-electron chi connectivity index (χ3n) is 4.55. The second kappa shape index (κ2) is 6.59. The lowest BCUT2D eigenvalue weighted by atomic mass is 10.1. The zero-order chi connectivity index (χ0) is 13.8. The number of ether oxygens (including phenoxy) is 1. The van der Waals surface area contributed by atoms with E-state index in [4.69, 9.17) is 4.74 Å². The van der Waals surface area contributed by atoms with Crippen molar-refractivity contribution < 1.29 is 4.74 Å². The molecule has 0 radical (unpaired) electrons. The summed E-state index contributed by atoms with van der Waals surface area (Å²) < 4.78 is 5.94. The van der Waals surface area contributed by atoms with Crippen LogP contribution in [0.3, 0.4) is 0 Å². The third kappa shape index (κ3) is 3.15. The Hall–Kier alpha value is -1.06. The number of fused-ring (bicyclic) bond motifs is 1. The maximum Gasteiger partial charge on any atom is 0.0749 e. The van der Waals surface area contributed by atoms with Gasteiger partial charge in [0.25, 0.3) is 0 Å². The van der Waals surface area contributed by atoms with E-state index in [0.717, 1.165) is 26.2 Å². The van der Waals surface area contributed by atoms with Crippen LogP contribution in [0.2, 0.25) is 0 Å². The summed E-state index contributed by atoms with van der Waals surface area (Å²) in [5.41, 5.74) is 2.81. The first-order valence-corrected chi connectivity index (χ1v) is 8.04. The fourth-order valence-corrected chi connectivity index (χ4v) is 3.30. The SMILES string of the molecule is CCC1CN(CC2CCCCO2)c2ccccc2CN1. The van der Waals surface area contributed by atoms with Crippen molar-refractivity contribution in [3.8, 4) is 0 Å². The molecular formula is C17H26N2O. The number of nitrogens with zero attached hydrogens (tertiary/aromatic N) is 1. The van der Waals surface area contributed by atoms with Crippen molar-refractivity contribution in [3.63, 3.8) is 0 Å². The molecule has 2 aliphatic heterocycles. The van der Waals surface area contributed by atoms with E-state index in [2.05, 4.69) is 41.4 Å². The Morgan fingerprint density at radius 3 is 3.00 bits per heavy atom. The molecule has 2 aliphatic rings. The van der Waals surface area contributed by atoms with Gasteiger partial charge in [-0.15, -0.1) is 0 Å². The molecule has 3 rings (SSSR count). The standard InChI is InChI=1S/C17H26N2O/c1-2-15-12-19(13-16-8-5-6-10-20-16)17-9-4-3-7-14(17)11-18-15/h3-4,7,9,15-16,18H,2,5-6,8,10-13H2,1H3. The first-order chi connectivity index (χ1) is 9.86. The van der Waals surface area contributed by atoms with Gasteiger partial charge in [-0.05, 0) is 37.3 Å². The predicted octanol–water partition coefficient (Wildman–Crippen LogP) is 2.94. The molecule has 2 heterocycles. The number of rotatable bonds is 3. The highest BCUT2D eigenvalue weighted by Gasteiger charge is 2.24. The minimum Gasteiger partial charge on any atom is -0.376 e. The van der Waals surface area contributed by atoms with Crippen LogP contribution < -0.4 is 10.2 Å². The molecule has 0 aliphatic carbocycles. The third-order valence-corrected chi connectivity index (χ3v) is 4.55. The predicted molar refractivity (Wildman–Crippen MR) is 83.2 cm³/mol. The Bertz CT molecular complexity index is 429. The Labute approximate surface area is 122 Å². The van der Waals surface area contributed by atoms with Gasteiger partial charge in [0.2, 0.25) is 0 Å². The molecule has 20 heavy (non-hydrogen) atoms. The van der Waals surface area contributed by atoms with Crippen LogP contribution >= 0.6 is 0 Å². The summed E-state index contributed by atoms with van der Waals surface area (Å²) in [6, 6.07) is 9.38. The van der Waals surface area contributed by atoms with E-state index in [1.54, 1.807) is 0 Å². The molecule has 3 nitrogen and oxygen atoms in total. The first kappa shape index (κ1) is 13.9. The molecule has 1 aromatic carbocycles. The van der Waals surface area contributed by atoms with E-state index in [1.165, 1.54) is 36.9 Å². The van der Waals surface area contributed by atoms with E-state index >= 15 is 0 Å². The summed E-state index contributed by atoms with van der Waals surface area (Å²) in [7, 11) is 0.